The Morgan fingerprint density at radius 3 is 2.67 bits per heavy atom. The number of aromatic nitrogens is 1. The number of aryl methyl sites for hydroxylation is 1. The quantitative estimate of drug-likeness (QED) is 0.584. The summed E-state index contributed by atoms with van der Waals surface area (Å²) in [5.74, 6) is 0.130. The molecule has 156 valence electrons. The monoisotopic (exact) mass is 403 g/mol. The maximum absolute atomic E-state index is 12.6. The lowest BCUT2D eigenvalue weighted by atomic mass is 9.96. The normalized spacial score (nSPS) is 16.7. The summed E-state index contributed by atoms with van der Waals surface area (Å²) in [6.07, 6.45) is 4.92. The van der Waals surface area contributed by atoms with Crippen molar-refractivity contribution in [2.45, 2.75) is 32.2 Å². The van der Waals surface area contributed by atoms with Crippen molar-refractivity contribution in [1.29, 1.82) is 0 Å². The molecule has 0 saturated carbocycles. The van der Waals surface area contributed by atoms with E-state index in [9.17, 15) is 9.59 Å². The number of fused-ring (bicyclic) bond motifs is 1. The molecule has 0 radical (unpaired) electrons. The van der Waals surface area contributed by atoms with E-state index < -0.39 is 0 Å². The van der Waals surface area contributed by atoms with Gasteiger partial charge in [-0.1, -0.05) is 48.5 Å². The van der Waals surface area contributed by atoms with Gasteiger partial charge in [0.05, 0.1) is 5.92 Å². The number of para-hydroxylation sites is 1. The Balaban J connectivity index is 1.22. The lowest BCUT2D eigenvalue weighted by molar-refractivity contribution is -0.138. The number of likely N-dealkylation sites (tertiary alicyclic amines) is 1. The average molecular weight is 404 g/mol. The van der Waals surface area contributed by atoms with Crippen molar-refractivity contribution in [3.63, 3.8) is 0 Å². The molecule has 4 rings (SSSR count). The number of amides is 2. The molecule has 5 nitrogen and oxygen atoms in total. The van der Waals surface area contributed by atoms with E-state index >= 15 is 0 Å². The average Bonchev–Trinajstić information content (AvgIpc) is 3.20. The van der Waals surface area contributed by atoms with Crippen LogP contribution in [0.4, 0.5) is 0 Å². The molecular formula is C25H29N3O2. The highest BCUT2D eigenvalue weighted by molar-refractivity contribution is 5.84. The summed E-state index contributed by atoms with van der Waals surface area (Å²) in [5.41, 5.74) is 2.44. The number of hydrogen-bond acceptors (Lipinski definition) is 2. The first-order chi connectivity index (χ1) is 14.7. The third-order valence-electron chi connectivity index (χ3n) is 5.94. The number of piperidine rings is 1. The topological polar surface area (TPSA) is 54.3 Å². The Labute approximate surface area is 177 Å². The van der Waals surface area contributed by atoms with Crippen molar-refractivity contribution >= 4 is 22.7 Å². The Morgan fingerprint density at radius 2 is 1.80 bits per heavy atom. The van der Waals surface area contributed by atoms with Crippen molar-refractivity contribution in [2.75, 3.05) is 19.6 Å². The second kappa shape index (κ2) is 9.61. The standard InChI is InChI=1S/C25H29N3O2/c29-24-12-11-22(19-28(24)17-13-20-7-2-1-3-8-20)25(30)26-15-6-16-27-18-14-21-9-4-5-10-23(21)27/h1-5,7-10,14,18,22H,6,11-13,15-17,19H2,(H,26,30)/t22-/m1/s1. The van der Waals surface area contributed by atoms with E-state index in [0.29, 0.717) is 32.5 Å². The van der Waals surface area contributed by atoms with Crippen molar-refractivity contribution < 1.29 is 9.59 Å². The molecule has 1 aliphatic rings. The fourth-order valence-corrected chi connectivity index (χ4v) is 4.19. The van der Waals surface area contributed by atoms with Crippen molar-refractivity contribution in [3.8, 4) is 0 Å². The number of nitrogens with zero attached hydrogens (tertiary/aromatic N) is 2. The Kier molecular flexibility index (Phi) is 6.47. The fraction of sp³-hybridized carbons (Fsp3) is 0.360. The molecule has 1 aromatic heterocycles. The summed E-state index contributed by atoms with van der Waals surface area (Å²) in [6, 6.07) is 20.6. The predicted molar refractivity (Wildman–Crippen MR) is 119 cm³/mol. The smallest absolute Gasteiger partial charge is 0.224 e. The molecule has 0 unspecified atom stereocenters. The van der Waals surface area contributed by atoms with Gasteiger partial charge in [0.1, 0.15) is 0 Å². The summed E-state index contributed by atoms with van der Waals surface area (Å²) < 4.78 is 2.23. The van der Waals surface area contributed by atoms with E-state index in [1.807, 2.05) is 29.2 Å². The second-order valence-corrected chi connectivity index (χ2v) is 8.02. The van der Waals surface area contributed by atoms with Gasteiger partial charge >= 0.3 is 0 Å². The van der Waals surface area contributed by atoms with E-state index in [1.165, 1.54) is 16.5 Å². The molecule has 2 aromatic carbocycles. The third kappa shape index (κ3) is 4.90. The third-order valence-corrected chi connectivity index (χ3v) is 5.94. The van der Waals surface area contributed by atoms with Gasteiger partial charge in [-0.05, 0) is 42.3 Å². The Bertz CT molecular complexity index is 996. The lowest BCUT2D eigenvalue weighted by Gasteiger charge is -2.32. The fourth-order valence-electron chi connectivity index (χ4n) is 4.19. The van der Waals surface area contributed by atoms with Gasteiger partial charge in [0.15, 0.2) is 0 Å². The molecule has 1 N–H and O–H groups in total. The molecule has 1 saturated heterocycles. The molecule has 3 aromatic rings. The molecular weight excluding hydrogens is 374 g/mol. The van der Waals surface area contributed by atoms with Crippen LogP contribution in [0.1, 0.15) is 24.8 Å². The summed E-state index contributed by atoms with van der Waals surface area (Å²) in [7, 11) is 0. The van der Waals surface area contributed by atoms with Crippen LogP contribution in [0.3, 0.4) is 0 Å². The summed E-state index contributed by atoms with van der Waals surface area (Å²) in [4.78, 5) is 26.8. The minimum atomic E-state index is -0.106. The molecule has 30 heavy (non-hydrogen) atoms. The molecule has 2 amide bonds. The number of hydrogen-bond donors (Lipinski definition) is 1. The van der Waals surface area contributed by atoms with Gasteiger partial charge in [0.25, 0.3) is 0 Å². The molecule has 1 aliphatic heterocycles. The van der Waals surface area contributed by atoms with Crippen LogP contribution < -0.4 is 5.32 Å². The van der Waals surface area contributed by atoms with Gasteiger partial charge in [0.2, 0.25) is 11.8 Å². The lowest BCUT2D eigenvalue weighted by Crippen LogP contribution is -2.46. The van der Waals surface area contributed by atoms with Crippen LogP contribution in [0.2, 0.25) is 0 Å². The minimum absolute atomic E-state index is 0.0737. The zero-order valence-corrected chi connectivity index (χ0v) is 17.3. The molecule has 5 heteroatoms. The van der Waals surface area contributed by atoms with Crippen LogP contribution >= 0.6 is 0 Å². The molecule has 1 atom stereocenters. The summed E-state index contributed by atoms with van der Waals surface area (Å²) in [5, 5.41) is 4.32. The van der Waals surface area contributed by atoms with Crippen LogP contribution in [-0.2, 0) is 22.6 Å². The van der Waals surface area contributed by atoms with Crippen molar-refractivity contribution in [2.24, 2.45) is 5.92 Å². The van der Waals surface area contributed by atoms with E-state index in [2.05, 4.69) is 52.5 Å². The highest BCUT2D eigenvalue weighted by Crippen LogP contribution is 2.19. The number of nitrogens with one attached hydrogen (secondary N) is 1. The number of carbonyl (C=O) groups is 2. The molecule has 1 fully saturated rings. The first kappa shape index (κ1) is 20.2. The summed E-state index contributed by atoms with van der Waals surface area (Å²) >= 11 is 0. The van der Waals surface area contributed by atoms with Crippen LogP contribution in [0.5, 0.6) is 0 Å². The van der Waals surface area contributed by atoms with Crippen LogP contribution in [0.25, 0.3) is 10.9 Å². The van der Waals surface area contributed by atoms with E-state index in [0.717, 1.165) is 19.4 Å². The highest BCUT2D eigenvalue weighted by atomic mass is 16.2. The van der Waals surface area contributed by atoms with Gasteiger partial charge in [-0.3, -0.25) is 9.59 Å². The number of rotatable bonds is 8. The predicted octanol–water partition coefficient (Wildman–Crippen LogP) is 3.63. The van der Waals surface area contributed by atoms with Crippen molar-refractivity contribution in [1.82, 2.24) is 14.8 Å². The minimum Gasteiger partial charge on any atom is -0.356 e. The first-order valence-corrected chi connectivity index (χ1v) is 10.8. The zero-order chi connectivity index (χ0) is 20.8. The maximum Gasteiger partial charge on any atom is 0.224 e. The van der Waals surface area contributed by atoms with Gasteiger partial charge < -0.3 is 14.8 Å². The second-order valence-electron chi connectivity index (χ2n) is 8.02. The largest absolute Gasteiger partial charge is 0.356 e. The summed E-state index contributed by atoms with van der Waals surface area (Å²) in [6.45, 7) is 2.73. The molecule has 0 bridgehead atoms. The van der Waals surface area contributed by atoms with Crippen molar-refractivity contribution in [3.05, 3.63) is 72.4 Å². The molecule has 0 aliphatic carbocycles. The van der Waals surface area contributed by atoms with Crippen LogP contribution in [-0.4, -0.2) is 40.9 Å². The van der Waals surface area contributed by atoms with Crippen LogP contribution in [0, 0.1) is 5.92 Å². The molecule has 0 spiro atoms. The van der Waals surface area contributed by atoms with Gasteiger partial charge in [0, 0.05) is 44.3 Å². The van der Waals surface area contributed by atoms with Gasteiger partial charge in [-0.25, -0.2) is 0 Å². The molecule has 2 heterocycles. The Morgan fingerprint density at radius 1 is 1.00 bits per heavy atom. The number of carbonyl (C=O) groups excluding carboxylic acids is 2. The van der Waals surface area contributed by atoms with E-state index in [1.54, 1.807) is 0 Å². The van der Waals surface area contributed by atoms with E-state index in [-0.39, 0.29) is 17.7 Å². The first-order valence-electron chi connectivity index (χ1n) is 10.8. The highest BCUT2D eigenvalue weighted by Gasteiger charge is 2.29. The van der Waals surface area contributed by atoms with Crippen LogP contribution in [0.15, 0.2) is 66.9 Å². The van der Waals surface area contributed by atoms with E-state index in [4.69, 9.17) is 0 Å². The van der Waals surface area contributed by atoms with Gasteiger partial charge in [-0.2, -0.15) is 0 Å². The maximum atomic E-state index is 12.6. The SMILES string of the molecule is O=C(NCCCn1ccc2ccccc21)[C@@H]1CCC(=O)N(CCc2ccccc2)C1. The number of benzene rings is 2. The Hall–Kier alpha value is -3.08. The zero-order valence-electron chi connectivity index (χ0n) is 17.3. The van der Waals surface area contributed by atoms with Gasteiger partial charge in [-0.15, -0.1) is 0 Å².